The summed E-state index contributed by atoms with van der Waals surface area (Å²) in [7, 11) is 0. The smallest absolute Gasteiger partial charge is 0.157 e. The maximum atomic E-state index is 5.33. The van der Waals surface area contributed by atoms with Gasteiger partial charge in [-0.1, -0.05) is 0 Å². The van der Waals surface area contributed by atoms with Gasteiger partial charge in [-0.05, 0) is 18.9 Å². The molecule has 3 heterocycles. The van der Waals surface area contributed by atoms with Crippen LogP contribution in [-0.2, 0) is 11.3 Å². The summed E-state index contributed by atoms with van der Waals surface area (Å²) >= 11 is 0. The molecule has 0 aromatic carbocycles. The number of nitrogens with zero attached hydrogens (tertiary/aromatic N) is 2. The summed E-state index contributed by atoms with van der Waals surface area (Å²) in [5, 5.41) is 5.26. The van der Waals surface area contributed by atoms with Gasteiger partial charge in [0.25, 0.3) is 0 Å². The predicted octanol–water partition coefficient (Wildman–Crippen LogP) is 0.613. The quantitative estimate of drug-likeness (QED) is 0.739. The number of pyridine rings is 1. The number of fused-ring (bicyclic) bond motifs is 1. The molecule has 2 aliphatic rings. The van der Waals surface area contributed by atoms with Crippen molar-refractivity contribution in [1.82, 2.24) is 4.98 Å². The van der Waals surface area contributed by atoms with Crippen LogP contribution in [0.25, 0.3) is 0 Å². The van der Waals surface area contributed by atoms with Crippen LogP contribution in [0, 0.1) is 0 Å². The van der Waals surface area contributed by atoms with Crippen LogP contribution in [0.3, 0.4) is 0 Å². The molecular formula is C10H17N3O2. The Morgan fingerprint density at radius 2 is 2.40 bits per heavy atom. The zero-order valence-corrected chi connectivity index (χ0v) is 8.49. The molecule has 0 aliphatic carbocycles. The number of anilines is 2. The minimum absolute atomic E-state index is 0. The molecule has 3 N–H and O–H groups in total. The Balaban J connectivity index is 0.000000640. The van der Waals surface area contributed by atoms with Crippen molar-refractivity contribution in [3.63, 3.8) is 0 Å². The first-order chi connectivity index (χ1) is 6.95. The molecular weight excluding hydrogens is 194 g/mol. The first-order valence-corrected chi connectivity index (χ1v) is 5.07. The van der Waals surface area contributed by atoms with Gasteiger partial charge < -0.3 is 10.8 Å². The SMILES string of the molecule is O.[HH].c1cc2c(c(N3CCO3)n1)CCCN2. The van der Waals surface area contributed by atoms with Crippen molar-refractivity contribution in [1.29, 1.82) is 0 Å². The fourth-order valence-corrected chi connectivity index (χ4v) is 1.95. The molecule has 15 heavy (non-hydrogen) atoms. The van der Waals surface area contributed by atoms with Crippen LogP contribution in [0.15, 0.2) is 12.3 Å². The van der Waals surface area contributed by atoms with Gasteiger partial charge in [-0.15, -0.1) is 0 Å². The molecule has 5 nitrogen and oxygen atoms in total. The fraction of sp³-hybridized carbons (Fsp3) is 0.500. The Bertz CT molecular complexity index is 358. The highest BCUT2D eigenvalue weighted by Crippen LogP contribution is 2.30. The number of hydrogen-bond donors (Lipinski definition) is 1. The molecule has 0 bridgehead atoms. The van der Waals surface area contributed by atoms with E-state index in [1.807, 2.05) is 17.3 Å². The average Bonchev–Trinajstić information content (AvgIpc) is 2.16. The first-order valence-electron chi connectivity index (χ1n) is 5.07. The summed E-state index contributed by atoms with van der Waals surface area (Å²) in [6.07, 6.45) is 4.12. The van der Waals surface area contributed by atoms with Gasteiger partial charge >= 0.3 is 0 Å². The summed E-state index contributed by atoms with van der Waals surface area (Å²) in [5.74, 6) is 1.00. The van der Waals surface area contributed by atoms with E-state index in [0.717, 1.165) is 31.9 Å². The highest BCUT2D eigenvalue weighted by Gasteiger charge is 2.23. The molecule has 5 heteroatoms. The summed E-state index contributed by atoms with van der Waals surface area (Å²) in [5.41, 5.74) is 2.52. The zero-order chi connectivity index (χ0) is 9.38. The highest BCUT2D eigenvalue weighted by molar-refractivity contribution is 5.63. The minimum Gasteiger partial charge on any atom is -0.412 e. The van der Waals surface area contributed by atoms with Gasteiger partial charge in [0.1, 0.15) is 0 Å². The lowest BCUT2D eigenvalue weighted by Crippen LogP contribution is -2.40. The summed E-state index contributed by atoms with van der Waals surface area (Å²) in [4.78, 5) is 9.70. The number of hydrogen-bond acceptors (Lipinski definition) is 4. The van der Waals surface area contributed by atoms with E-state index >= 15 is 0 Å². The van der Waals surface area contributed by atoms with Crippen LogP contribution >= 0.6 is 0 Å². The van der Waals surface area contributed by atoms with Gasteiger partial charge in [0.2, 0.25) is 0 Å². The topological polar surface area (TPSA) is 68.9 Å². The number of hydroxylamine groups is 1. The van der Waals surface area contributed by atoms with Gasteiger partial charge in [-0.2, -0.15) is 0 Å². The molecule has 1 aromatic rings. The van der Waals surface area contributed by atoms with E-state index in [0.29, 0.717) is 0 Å². The van der Waals surface area contributed by atoms with E-state index in [1.165, 1.54) is 17.7 Å². The van der Waals surface area contributed by atoms with Gasteiger partial charge in [0.15, 0.2) is 5.82 Å². The van der Waals surface area contributed by atoms with Crippen molar-refractivity contribution < 1.29 is 11.7 Å². The lowest BCUT2D eigenvalue weighted by Gasteiger charge is -2.33. The molecule has 1 aromatic heterocycles. The summed E-state index contributed by atoms with van der Waals surface area (Å²) < 4.78 is 0. The van der Waals surface area contributed by atoms with Crippen LogP contribution in [0.1, 0.15) is 13.4 Å². The number of nitrogens with one attached hydrogen (secondary N) is 1. The van der Waals surface area contributed by atoms with Crippen LogP contribution in [0.2, 0.25) is 0 Å². The van der Waals surface area contributed by atoms with Gasteiger partial charge in [-0.3, -0.25) is 4.84 Å². The maximum Gasteiger partial charge on any atom is 0.157 e. The van der Waals surface area contributed by atoms with E-state index in [2.05, 4.69) is 10.3 Å². The lowest BCUT2D eigenvalue weighted by atomic mass is 10.0. The molecule has 1 fully saturated rings. The zero-order valence-electron chi connectivity index (χ0n) is 8.49. The maximum absolute atomic E-state index is 5.33. The minimum atomic E-state index is 0. The van der Waals surface area contributed by atoms with Gasteiger partial charge in [-0.25, -0.2) is 10.0 Å². The van der Waals surface area contributed by atoms with Crippen molar-refractivity contribution in [3.05, 3.63) is 17.8 Å². The monoisotopic (exact) mass is 211 g/mol. The van der Waals surface area contributed by atoms with Crippen molar-refractivity contribution in [3.8, 4) is 0 Å². The normalized spacial score (nSPS) is 18.3. The molecule has 0 atom stereocenters. The van der Waals surface area contributed by atoms with Crippen LogP contribution in [0.5, 0.6) is 0 Å². The van der Waals surface area contributed by atoms with E-state index in [-0.39, 0.29) is 6.90 Å². The predicted molar refractivity (Wildman–Crippen MR) is 60.1 cm³/mol. The standard InChI is InChI=1S/C10H13N3O.H2O.H2/c1-2-8-9(11-4-1)3-5-12-10(8)13-6-7-14-13;;/h3,5,11H,1-2,4,6-7H2;1H2;1H. The second kappa shape index (κ2) is 4.04. The molecule has 0 amide bonds. The molecule has 3 rings (SSSR count). The largest absolute Gasteiger partial charge is 0.412 e. The second-order valence-electron chi connectivity index (χ2n) is 3.63. The van der Waals surface area contributed by atoms with Crippen molar-refractivity contribution in [2.75, 3.05) is 30.1 Å². The Labute approximate surface area is 89.8 Å². The van der Waals surface area contributed by atoms with E-state index in [4.69, 9.17) is 4.84 Å². The molecule has 84 valence electrons. The first kappa shape index (κ1) is 10.2. The van der Waals surface area contributed by atoms with Gasteiger partial charge in [0, 0.05) is 25.4 Å². The van der Waals surface area contributed by atoms with Crippen molar-refractivity contribution in [2.45, 2.75) is 12.8 Å². The molecule has 0 unspecified atom stereocenters. The van der Waals surface area contributed by atoms with Crippen LogP contribution in [-0.4, -0.2) is 30.2 Å². The van der Waals surface area contributed by atoms with Crippen molar-refractivity contribution >= 4 is 11.5 Å². The summed E-state index contributed by atoms with van der Waals surface area (Å²) in [6, 6.07) is 2.04. The summed E-state index contributed by atoms with van der Waals surface area (Å²) in [6.45, 7) is 2.85. The van der Waals surface area contributed by atoms with E-state index < -0.39 is 0 Å². The third kappa shape index (κ3) is 1.64. The number of aromatic nitrogens is 1. The Morgan fingerprint density at radius 1 is 1.53 bits per heavy atom. The number of rotatable bonds is 1. The lowest BCUT2D eigenvalue weighted by molar-refractivity contribution is 0.0232. The molecule has 2 aliphatic heterocycles. The van der Waals surface area contributed by atoms with Crippen molar-refractivity contribution in [2.24, 2.45) is 0 Å². The Hall–Kier alpha value is -1.33. The second-order valence-corrected chi connectivity index (χ2v) is 3.63. The third-order valence-corrected chi connectivity index (χ3v) is 2.73. The molecule has 0 spiro atoms. The highest BCUT2D eigenvalue weighted by atomic mass is 16.7. The molecule has 0 radical (unpaired) electrons. The Kier molecular flexibility index (Phi) is 2.75. The molecule has 1 saturated heterocycles. The van der Waals surface area contributed by atoms with Gasteiger partial charge in [0.05, 0.1) is 13.2 Å². The fourth-order valence-electron chi connectivity index (χ4n) is 1.95. The third-order valence-electron chi connectivity index (χ3n) is 2.73. The average molecular weight is 211 g/mol. The van der Waals surface area contributed by atoms with E-state index in [9.17, 15) is 0 Å². The molecule has 0 saturated carbocycles. The van der Waals surface area contributed by atoms with E-state index in [1.54, 1.807) is 0 Å². The van der Waals surface area contributed by atoms with Crippen LogP contribution in [0.4, 0.5) is 11.5 Å². The van der Waals surface area contributed by atoms with Crippen LogP contribution < -0.4 is 10.4 Å². The Morgan fingerprint density at radius 3 is 3.13 bits per heavy atom.